The van der Waals surface area contributed by atoms with Crippen LogP contribution in [0.1, 0.15) is 5.69 Å². The highest BCUT2D eigenvalue weighted by Crippen LogP contribution is 2.25. The van der Waals surface area contributed by atoms with Crippen LogP contribution in [-0.2, 0) is 4.74 Å². The number of aryl methyl sites for hydroxylation is 1. The summed E-state index contributed by atoms with van der Waals surface area (Å²) in [6.07, 6.45) is 1.78. The van der Waals surface area contributed by atoms with Crippen LogP contribution in [0.2, 0.25) is 0 Å². The summed E-state index contributed by atoms with van der Waals surface area (Å²) in [5.41, 5.74) is 4.57. The van der Waals surface area contributed by atoms with Gasteiger partial charge in [0.1, 0.15) is 5.52 Å². The van der Waals surface area contributed by atoms with E-state index in [1.165, 1.54) is 0 Å². The van der Waals surface area contributed by atoms with E-state index < -0.39 is 0 Å². The Morgan fingerprint density at radius 2 is 1.79 bits per heavy atom. The van der Waals surface area contributed by atoms with Gasteiger partial charge in [0.05, 0.1) is 24.4 Å². The van der Waals surface area contributed by atoms with E-state index in [1.807, 2.05) is 37.3 Å². The number of hydrogen-bond acceptors (Lipinski definition) is 6. The van der Waals surface area contributed by atoms with E-state index in [4.69, 9.17) is 19.8 Å². The zero-order valence-electron chi connectivity index (χ0n) is 15.6. The van der Waals surface area contributed by atoms with E-state index in [2.05, 4.69) is 28.1 Å². The Labute approximate surface area is 162 Å². The first-order valence-corrected chi connectivity index (χ1v) is 9.37. The minimum Gasteiger partial charge on any atom is -0.378 e. The van der Waals surface area contributed by atoms with Crippen molar-refractivity contribution in [3.8, 4) is 17.2 Å². The molecule has 1 aliphatic rings. The molecule has 5 rings (SSSR count). The maximum absolute atomic E-state index is 5.50. The van der Waals surface area contributed by atoms with Crippen molar-refractivity contribution in [2.45, 2.75) is 6.92 Å². The first-order chi connectivity index (χ1) is 13.8. The van der Waals surface area contributed by atoms with Crippen LogP contribution in [0.4, 0.5) is 5.82 Å². The Bertz CT molecular complexity index is 1120. The molecule has 7 heteroatoms. The molecular formula is C21H20N6O. The highest BCUT2D eigenvalue weighted by Gasteiger charge is 2.20. The molecule has 0 atom stereocenters. The molecule has 3 aromatic heterocycles. The zero-order valence-corrected chi connectivity index (χ0v) is 15.6. The number of morpholine rings is 1. The SMILES string of the molecule is Cc1cc(-c2ccccc2)nn1-c1nc(N2CCOCC2)c2ncccc2n1. The Morgan fingerprint density at radius 3 is 2.61 bits per heavy atom. The molecule has 0 spiro atoms. The van der Waals surface area contributed by atoms with Gasteiger partial charge < -0.3 is 9.64 Å². The van der Waals surface area contributed by atoms with Crippen LogP contribution in [0, 0.1) is 6.92 Å². The number of hydrogen-bond donors (Lipinski definition) is 0. The maximum Gasteiger partial charge on any atom is 0.253 e. The van der Waals surface area contributed by atoms with Crippen molar-refractivity contribution in [3.05, 3.63) is 60.4 Å². The summed E-state index contributed by atoms with van der Waals surface area (Å²) in [4.78, 5) is 16.3. The van der Waals surface area contributed by atoms with Crippen molar-refractivity contribution in [2.24, 2.45) is 0 Å². The Morgan fingerprint density at radius 1 is 0.964 bits per heavy atom. The molecule has 28 heavy (non-hydrogen) atoms. The Balaban J connectivity index is 1.64. The van der Waals surface area contributed by atoms with Gasteiger partial charge >= 0.3 is 0 Å². The molecule has 0 unspecified atom stereocenters. The van der Waals surface area contributed by atoms with E-state index >= 15 is 0 Å². The average molecular weight is 372 g/mol. The van der Waals surface area contributed by atoms with Crippen molar-refractivity contribution < 1.29 is 4.74 Å². The summed E-state index contributed by atoms with van der Waals surface area (Å²) >= 11 is 0. The summed E-state index contributed by atoms with van der Waals surface area (Å²) in [5.74, 6) is 1.39. The predicted molar refractivity (Wildman–Crippen MR) is 108 cm³/mol. The summed E-state index contributed by atoms with van der Waals surface area (Å²) in [7, 11) is 0. The van der Waals surface area contributed by atoms with Gasteiger partial charge in [-0.2, -0.15) is 10.1 Å². The number of benzene rings is 1. The molecule has 4 aromatic rings. The lowest BCUT2D eigenvalue weighted by atomic mass is 10.1. The minimum absolute atomic E-state index is 0.557. The molecule has 1 saturated heterocycles. The van der Waals surface area contributed by atoms with E-state index in [0.717, 1.165) is 46.9 Å². The van der Waals surface area contributed by atoms with Crippen molar-refractivity contribution in [3.63, 3.8) is 0 Å². The molecule has 4 heterocycles. The van der Waals surface area contributed by atoms with Crippen molar-refractivity contribution in [2.75, 3.05) is 31.2 Å². The molecule has 0 radical (unpaired) electrons. The molecule has 0 saturated carbocycles. The van der Waals surface area contributed by atoms with Crippen molar-refractivity contribution in [1.29, 1.82) is 0 Å². The number of rotatable bonds is 3. The van der Waals surface area contributed by atoms with Crippen molar-refractivity contribution in [1.82, 2.24) is 24.7 Å². The van der Waals surface area contributed by atoms with Crippen LogP contribution in [-0.4, -0.2) is 51.0 Å². The highest BCUT2D eigenvalue weighted by atomic mass is 16.5. The molecule has 7 nitrogen and oxygen atoms in total. The number of aromatic nitrogens is 5. The molecular weight excluding hydrogens is 352 g/mol. The van der Waals surface area contributed by atoms with E-state index in [9.17, 15) is 0 Å². The topological polar surface area (TPSA) is 69.0 Å². The van der Waals surface area contributed by atoms with Gasteiger partial charge in [-0.25, -0.2) is 9.67 Å². The fourth-order valence-electron chi connectivity index (χ4n) is 3.46. The smallest absolute Gasteiger partial charge is 0.253 e. The number of nitrogens with zero attached hydrogens (tertiary/aromatic N) is 6. The molecule has 1 aromatic carbocycles. The summed E-state index contributed by atoms with van der Waals surface area (Å²) in [6.45, 7) is 4.97. The number of anilines is 1. The lowest BCUT2D eigenvalue weighted by molar-refractivity contribution is 0.122. The van der Waals surface area contributed by atoms with Crippen LogP contribution in [0.15, 0.2) is 54.7 Å². The third-order valence-electron chi connectivity index (χ3n) is 4.88. The van der Waals surface area contributed by atoms with E-state index in [1.54, 1.807) is 10.9 Å². The van der Waals surface area contributed by atoms with Gasteiger partial charge in [0, 0.05) is 30.5 Å². The van der Waals surface area contributed by atoms with Crippen LogP contribution < -0.4 is 4.90 Å². The average Bonchev–Trinajstić information content (AvgIpc) is 3.16. The van der Waals surface area contributed by atoms with Gasteiger partial charge in [0.15, 0.2) is 5.82 Å². The summed E-state index contributed by atoms with van der Waals surface area (Å²) in [5, 5.41) is 4.77. The molecule has 0 amide bonds. The van der Waals surface area contributed by atoms with Crippen molar-refractivity contribution >= 4 is 16.9 Å². The number of pyridine rings is 1. The van der Waals surface area contributed by atoms with Gasteiger partial charge in [-0.1, -0.05) is 30.3 Å². The fraction of sp³-hybridized carbons (Fsp3) is 0.238. The van der Waals surface area contributed by atoms with Crippen LogP contribution >= 0.6 is 0 Å². The second-order valence-electron chi connectivity index (χ2n) is 6.77. The third kappa shape index (κ3) is 2.99. The summed E-state index contributed by atoms with van der Waals surface area (Å²) < 4.78 is 7.30. The van der Waals surface area contributed by atoms with Gasteiger partial charge in [-0.05, 0) is 25.1 Å². The lowest BCUT2D eigenvalue weighted by Crippen LogP contribution is -2.37. The Hall–Kier alpha value is -3.32. The van der Waals surface area contributed by atoms with Gasteiger partial charge in [-0.15, -0.1) is 0 Å². The van der Waals surface area contributed by atoms with E-state index in [0.29, 0.717) is 19.2 Å². The first kappa shape index (κ1) is 16.8. The first-order valence-electron chi connectivity index (χ1n) is 9.37. The van der Waals surface area contributed by atoms with E-state index in [-0.39, 0.29) is 0 Å². The van der Waals surface area contributed by atoms with Gasteiger partial charge in [0.2, 0.25) is 0 Å². The number of fused-ring (bicyclic) bond motifs is 1. The minimum atomic E-state index is 0.557. The van der Waals surface area contributed by atoms with Crippen LogP contribution in [0.25, 0.3) is 28.2 Å². The molecule has 0 N–H and O–H groups in total. The monoisotopic (exact) mass is 372 g/mol. The standard InChI is InChI=1S/C21H20N6O/c1-15-14-18(16-6-3-2-4-7-16)25-27(15)21-23-17-8-5-9-22-19(17)20(24-21)26-10-12-28-13-11-26/h2-9,14H,10-13H2,1H3. The molecule has 1 aliphatic heterocycles. The second-order valence-corrected chi connectivity index (χ2v) is 6.77. The highest BCUT2D eigenvalue weighted by molar-refractivity contribution is 5.86. The van der Waals surface area contributed by atoms with Gasteiger partial charge in [-0.3, -0.25) is 4.98 Å². The molecule has 1 fully saturated rings. The van der Waals surface area contributed by atoms with Gasteiger partial charge in [0.25, 0.3) is 5.95 Å². The molecule has 0 aliphatic carbocycles. The number of ether oxygens (including phenoxy) is 1. The molecule has 140 valence electrons. The lowest BCUT2D eigenvalue weighted by Gasteiger charge is -2.28. The Kier molecular flexibility index (Phi) is 4.21. The quantitative estimate of drug-likeness (QED) is 0.551. The normalized spacial score (nSPS) is 14.5. The largest absolute Gasteiger partial charge is 0.378 e. The predicted octanol–water partition coefficient (Wildman–Crippen LogP) is 3.02. The molecule has 0 bridgehead atoms. The second kappa shape index (κ2) is 7.01. The zero-order chi connectivity index (χ0) is 18.9. The van der Waals surface area contributed by atoms with Crippen LogP contribution in [0.5, 0.6) is 0 Å². The fourth-order valence-corrected chi connectivity index (χ4v) is 3.46. The maximum atomic E-state index is 5.50. The summed E-state index contributed by atoms with van der Waals surface area (Å²) in [6, 6.07) is 16.0. The third-order valence-corrected chi connectivity index (χ3v) is 4.88. The van der Waals surface area contributed by atoms with Crippen LogP contribution in [0.3, 0.4) is 0 Å².